The lowest BCUT2D eigenvalue weighted by Crippen LogP contribution is -2.39. The van der Waals surface area contributed by atoms with E-state index in [1.807, 2.05) is 24.3 Å². The summed E-state index contributed by atoms with van der Waals surface area (Å²) in [5.41, 5.74) is 0. The predicted octanol–water partition coefficient (Wildman–Crippen LogP) is 3.05. The maximum atomic E-state index is 5.69. The SMILES string of the molecule is CN=C(NCCCOCC1CCOC1)NCCOc1ccc(Br)cc1.I. The largest absolute Gasteiger partial charge is 0.492 e. The van der Waals surface area contributed by atoms with Gasteiger partial charge in [-0.2, -0.15) is 0 Å². The van der Waals surface area contributed by atoms with Crippen molar-refractivity contribution in [3.63, 3.8) is 0 Å². The van der Waals surface area contributed by atoms with Crippen LogP contribution in [0.25, 0.3) is 0 Å². The number of hydrogen-bond acceptors (Lipinski definition) is 4. The number of benzene rings is 1. The van der Waals surface area contributed by atoms with E-state index in [4.69, 9.17) is 14.2 Å². The molecule has 0 spiro atoms. The molecular formula is C18H29BrIN3O3. The first-order valence-electron chi connectivity index (χ1n) is 8.76. The maximum Gasteiger partial charge on any atom is 0.191 e. The van der Waals surface area contributed by atoms with Gasteiger partial charge in [-0.05, 0) is 37.1 Å². The third kappa shape index (κ3) is 9.94. The van der Waals surface area contributed by atoms with Crippen LogP contribution >= 0.6 is 39.9 Å². The number of rotatable bonds is 10. The summed E-state index contributed by atoms with van der Waals surface area (Å²) in [5, 5.41) is 6.51. The van der Waals surface area contributed by atoms with Gasteiger partial charge >= 0.3 is 0 Å². The zero-order valence-electron chi connectivity index (χ0n) is 15.2. The van der Waals surface area contributed by atoms with Gasteiger partial charge in [0, 0.05) is 37.2 Å². The fraction of sp³-hybridized carbons (Fsp3) is 0.611. The molecule has 0 aromatic heterocycles. The highest BCUT2D eigenvalue weighted by Crippen LogP contribution is 2.15. The average Bonchev–Trinajstić information content (AvgIpc) is 3.14. The molecule has 1 atom stereocenters. The first-order valence-corrected chi connectivity index (χ1v) is 9.55. The van der Waals surface area contributed by atoms with Crippen molar-refractivity contribution in [1.82, 2.24) is 10.6 Å². The monoisotopic (exact) mass is 541 g/mol. The number of aliphatic imine (C=N–C) groups is 1. The Morgan fingerprint density at radius 1 is 1.23 bits per heavy atom. The molecule has 8 heteroatoms. The molecule has 1 heterocycles. The van der Waals surface area contributed by atoms with E-state index in [0.29, 0.717) is 19.1 Å². The first kappa shape index (κ1) is 23.5. The van der Waals surface area contributed by atoms with Gasteiger partial charge in [-0.15, -0.1) is 24.0 Å². The predicted molar refractivity (Wildman–Crippen MR) is 119 cm³/mol. The summed E-state index contributed by atoms with van der Waals surface area (Å²) < 4.78 is 17.7. The second kappa shape index (κ2) is 14.5. The van der Waals surface area contributed by atoms with Crippen LogP contribution < -0.4 is 15.4 Å². The molecule has 0 radical (unpaired) electrons. The van der Waals surface area contributed by atoms with Gasteiger partial charge in [0.15, 0.2) is 5.96 Å². The van der Waals surface area contributed by atoms with Crippen LogP contribution in [0, 0.1) is 5.92 Å². The maximum absolute atomic E-state index is 5.69. The Morgan fingerprint density at radius 3 is 2.69 bits per heavy atom. The normalized spacial score (nSPS) is 16.8. The van der Waals surface area contributed by atoms with E-state index in [1.54, 1.807) is 7.05 Å². The molecule has 2 rings (SSSR count). The molecule has 1 aromatic carbocycles. The minimum Gasteiger partial charge on any atom is -0.492 e. The van der Waals surface area contributed by atoms with Crippen LogP contribution in [-0.2, 0) is 9.47 Å². The van der Waals surface area contributed by atoms with Crippen LogP contribution in [0.1, 0.15) is 12.8 Å². The summed E-state index contributed by atoms with van der Waals surface area (Å²) in [6.45, 7) is 5.38. The molecule has 0 saturated carbocycles. The van der Waals surface area contributed by atoms with E-state index in [2.05, 4.69) is 31.6 Å². The number of guanidine groups is 1. The van der Waals surface area contributed by atoms with E-state index in [0.717, 1.165) is 62.0 Å². The number of ether oxygens (including phenoxy) is 3. The van der Waals surface area contributed by atoms with E-state index in [9.17, 15) is 0 Å². The van der Waals surface area contributed by atoms with Crippen molar-refractivity contribution in [3.8, 4) is 5.75 Å². The van der Waals surface area contributed by atoms with Gasteiger partial charge in [0.05, 0.1) is 19.8 Å². The van der Waals surface area contributed by atoms with E-state index >= 15 is 0 Å². The van der Waals surface area contributed by atoms with Crippen molar-refractivity contribution in [2.45, 2.75) is 12.8 Å². The second-order valence-electron chi connectivity index (χ2n) is 5.89. The summed E-state index contributed by atoms with van der Waals surface area (Å²) in [5.74, 6) is 2.22. The van der Waals surface area contributed by atoms with Crippen molar-refractivity contribution in [2.24, 2.45) is 10.9 Å². The molecule has 1 fully saturated rings. The van der Waals surface area contributed by atoms with Crippen molar-refractivity contribution < 1.29 is 14.2 Å². The van der Waals surface area contributed by atoms with Crippen molar-refractivity contribution in [2.75, 3.05) is 53.2 Å². The molecule has 0 aliphatic carbocycles. The topological polar surface area (TPSA) is 64.1 Å². The van der Waals surface area contributed by atoms with E-state index in [1.165, 1.54) is 0 Å². The Balaban J connectivity index is 0.00000338. The van der Waals surface area contributed by atoms with Crippen LogP contribution in [0.4, 0.5) is 0 Å². The standard InChI is InChI=1S/C18H28BrN3O3.HI/c1-20-18(21-8-2-10-23-13-15-7-11-24-14-15)22-9-12-25-17-5-3-16(19)4-6-17;/h3-6,15H,2,7-14H2,1H3,(H2,20,21,22);1H. The first-order chi connectivity index (χ1) is 12.3. The Bertz CT molecular complexity index is 511. The van der Waals surface area contributed by atoms with Gasteiger partial charge in [0.25, 0.3) is 0 Å². The lowest BCUT2D eigenvalue weighted by atomic mass is 10.1. The number of nitrogens with zero attached hydrogens (tertiary/aromatic N) is 1. The van der Waals surface area contributed by atoms with E-state index < -0.39 is 0 Å². The molecule has 0 bridgehead atoms. The molecule has 148 valence electrons. The fourth-order valence-corrected chi connectivity index (χ4v) is 2.70. The van der Waals surface area contributed by atoms with Gasteiger partial charge in [-0.25, -0.2) is 0 Å². The summed E-state index contributed by atoms with van der Waals surface area (Å²) >= 11 is 3.41. The molecule has 0 amide bonds. The highest BCUT2D eigenvalue weighted by Gasteiger charge is 2.15. The molecule has 2 N–H and O–H groups in total. The quantitative estimate of drug-likeness (QED) is 0.206. The minimum atomic E-state index is 0. The smallest absolute Gasteiger partial charge is 0.191 e. The summed E-state index contributed by atoms with van der Waals surface area (Å²) in [7, 11) is 1.77. The van der Waals surface area contributed by atoms with Gasteiger partial charge < -0.3 is 24.8 Å². The summed E-state index contributed by atoms with van der Waals surface area (Å²) in [6, 6.07) is 7.81. The Labute approximate surface area is 181 Å². The Hall–Kier alpha value is -0.580. The lowest BCUT2D eigenvalue weighted by molar-refractivity contribution is 0.0888. The van der Waals surface area contributed by atoms with E-state index in [-0.39, 0.29) is 24.0 Å². The van der Waals surface area contributed by atoms with Crippen LogP contribution in [-0.4, -0.2) is 59.1 Å². The third-order valence-electron chi connectivity index (χ3n) is 3.84. The zero-order chi connectivity index (χ0) is 17.7. The molecular weight excluding hydrogens is 513 g/mol. The molecule has 1 aliphatic heterocycles. The van der Waals surface area contributed by atoms with Crippen molar-refractivity contribution in [1.29, 1.82) is 0 Å². The number of nitrogens with one attached hydrogen (secondary N) is 2. The zero-order valence-corrected chi connectivity index (χ0v) is 19.1. The van der Waals surface area contributed by atoms with Gasteiger partial charge in [-0.3, -0.25) is 4.99 Å². The number of hydrogen-bond donors (Lipinski definition) is 2. The molecule has 1 unspecified atom stereocenters. The molecule has 1 saturated heterocycles. The van der Waals surface area contributed by atoms with Crippen molar-refractivity contribution >= 4 is 45.9 Å². The van der Waals surface area contributed by atoms with Crippen molar-refractivity contribution in [3.05, 3.63) is 28.7 Å². The highest BCUT2D eigenvalue weighted by atomic mass is 127. The van der Waals surface area contributed by atoms with Crippen LogP contribution in [0.3, 0.4) is 0 Å². The van der Waals surface area contributed by atoms with Crippen LogP contribution in [0.2, 0.25) is 0 Å². The number of halogens is 2. The molecule has 26 heavy (non-hydrogen) atoms. The summed E-state index contributed by atoms with van der Waals surface area (Å²) in [6.07, 6.45) is 2.07. The highest BCUT2D eigenvalue weighted by molar-refractivity contribution is 14.0. The summed E-state index contributed by atoms with van der Waals surface area (Å²) in [4.78, 5) is 4.20. The van der Waals surface area contributed by atoms with Gasteiger partial charge in [0.1, 0.15) is 12.4 Å². The fourth-order valence-electron chi connectivity index (χ4n) is 2.44. The van der Waals surface area contributed by atoms with Crippen LogP contribution in [0.5, 0.6) is 5.75 Å². The molecule has 6 nitrogen and oxygen atoms in total. The third-order valence-corrected chi connectivity index (χ3v) is 4.36. The average molecular weight is 542 g/mol. The Morgan fingerprint density at radius 2 is 2.00 bits per heavy atom. The van der Waals surface area contributed by atoms with Gasteiger partial charge in [-0.1, -0.05) is 15.9 Å². The minimum absolute atomic E-state index is 0. The van der Waals surface area contributed by atoms with Crippen LogP contribution in [0.15, 0.2) is 33.7 Å². The lowest BCUT2D eigenvalue weighted by Gasteiger charge is -2.13. The van der Waals surface area contributed by atoms with Gasteiger partial charge in [0.2, 0.25) is 0 Å². The Kier molecular flexibility index (Phi) is 13.1. The molecule has 1 aromatic rings. The molecule has 1 aliphatic rings. The second-order valence-corrected chi connectivity index (χ2v) is 6.80.